The van der Waals surface area contributed by atoms with Gasteiger partial charge in [0.05, 0.1) is 22.6 Å². The van der Waals surface area contributed by atoms with Crippen LogP contribution in [0.1, 0.15) is 28.9 Å². The molecule has 168 valence electrons. The Hall–Kier alpha value is -4.10. The van der Waals surface area contributed by atoms with Crippen LogP contribution in [-0.4, -0.2) is 15.5 Å². The number of carbonyl (C=O) groups excluding carboxylic acids is 1. The van der Waals surface area contributed by atoms with Gasteiger partial charge in [0.1, 0.15) is 5.82 Å². The van der Waals surface area contributed by atoms with Crippen molar-refractivity contribution in [2.45, 2.75) is 13.0 Å². The first-order chi connectivity index (χ1) is 16.4. The molecule has 0 fully saturated rings. The highest BCUT2D eigenvalue weighted by Crippen LogP contribution is 2.24. The minimum absolute atomic E-state index is 0.0456. The van der Waals surface area contributed by atoms with Gasteiger partial charge in [0.25, 0.3) is 11.5 Å². The first kappa shape index (κ1) is 21.7. The molecule has 0 bridgehead atoms. The summed E-state index contributed by atoms with van der Waals surface area (Å²) in [6.45, 7) is 1.93. The van der Waals surface area contributed by atoms with Crippen molar-refractivity contribution in [3.05, 3.63) is 117 Å². The average Bonchev–Trinajstić information content (AvgIpc) is 2.84. The van der Waals surface area contributed by atoms with Crippen molar-refractivity contribution in [1.82, 2.24) is 14.9 Å². The Bertz CT molecular complexity index is 1680. The smallest absolute Gasteiger partial charge is 0.266 e. The zero-order chi connectivity index (χ0) is 23.8. The molecule has 0 aliphatic heterocycles. The number of rotatable bonds is 4. The highest BCUT2D eigenvalue weighted by Gasteiger charge is 2.16. The Labute approximate surface area is 199 Å². The van der Waals surface area contributed by atoms with Crippen molar-refractivity contribution < 1.29 is 9.18 Å². The normalized spacial score (nSPS) is 12.1. The maximum atomic E-state index is 14.3. The number of aromatic amines is 1. The molecule has 34 heavy (non-hydrogen) atoms. The number of aromatic nitrogens is 2. The minimum Gasteiger partial charge on any atom is -0.345 e. The van der Waals surface area contributed by atoms with Crippen LogP contribution >= 0.6 is 12.2 Å². The summed E-state index contributed by atoms with van der Waals surface area (Å²) in [5.41, 5.74) is 1.42. The highest BCUT2D eigenvalue weighted by atomic mass is 32.1. The van der Waals surface area contributed by atoms with Crippen molar-refractivity contribution in [2.75, 3.05) is 0 Å². The van der Waals surface area contributed by atoms with Gasteiger partial charge in [-0.1, -0.05) is 54.6 Å². The predicted molar refractivity (Wildman–Crippen MR) is 135 cm³/mol. The molecule has 0 saturated carbocycles. The third-order valence-electron chi connectivity index (χ3n) is 5.89. The molecule has 5 nitrogen and oxygen atoms in total. The van der Waals surface area contributed by atoms with Crippen LogP contribution in [0.2, 0.25) is 0 Å². The second kappa shape index (κ2) is 8.68. The van der Waals surface area contributed by atoms with Crippen LogP contribution in [0.4, 0.5) is 4.39 Å². The molecule has 0 radical (unpaired) electrons. The number of hydrogen-bond acceptors (Lipinski definition) is 3. The lowest BCUT2D eigenvalue weighted by Gasteiger charge is -2.17. The Morgan fingerprint density at radius 3 is 2.53 bits per heavy atom. The fraction of sp³-hybridized carbons (Fsp3) is 0.0741. The van der Waals surface area contributed by atoms with E-state index in [1.807, 2.05) is 49.4 Å². The van der Waals surface area contributed by atoms with E-state index in [-0.39, 0.29) is 22.4 Å². The van der Waals surface area contributed by atoms with Gasteiger partial charge in [-0.25, -0.2) is 8.96 Å². The van der Waals surface area contributed by atoms with Crippen molar-refractivity contribution in [2.24, 2.45) is 0 Å². The van der Waals surface area contributed by atoms with E-state index in [1.54, 1.807) is 30.3 Å². The summed E-state index contributed by atoms with van der Waals surface area (Å²) in [6.07, 6.45) is 0. The van der Waals surface area contributed by atoms with Crippen LogP contribution < -0.4 is 10.9 Å². The molecule has 2 N–H and O–H groups in total. The maximum Gasteiger partial charge on any atom is 0.266 e. The van der Waals surface area contributed by atoms with Gasteiger partial charge >= 0.3 is 0 Å². The Kier molecular flexibility index (Phi) is 5.55. The van der Waals surface area contributed by atoms with Gasteiger partial charge in [-0.2, -0.15) is 0 Å². The third-order valence-corrected chi connectivity index (χ3v) is 6.18. The van der Waals surface area contributed by atoms with E-state index in [1.165, 1.54) is 12.1 Å². The molecule has 4 aromatic carbocycles. The van der Waals surface area contributed by atoms with Gasteiger partial charge in [-0.3, -0.25) is 9.59 Å². The van der Waals surface area contributed by atoms with E-state index in [2.05, 4.69) is 10.3 Å². The van der Waals surface area contributed by atoms with Crippen LogP contribution in [0.3, 0.4) is 0 Å². The Morgan fingerprint density at radius 1 is 0.971 bits per heavy atom. The average molecular weight is 470 g/mol. The summed E-state index contributed by atoms with van der Waals surface area (Å²) < 4.78 is 15.5. The lowest BCUT2D eigenvalue weighted by atomic mass is 9.99. The molecule has 0 saturated heterocycles. The fourth-order valence-electron chi connectivity index (χ4n) is 4.20. The summed E-state index contributed by atoms with van der Waals surface area (Å²) >= 11 is 5.34. The van der Waals surface area contributed by atoms with Gasteiger partial charge in [0, 0.05) is 5.56 Å². The number of hydrogen-bond donors (Lipinski definition) is 2. The van der Waals surface area contributed by atoms with E-state index < -0.39 is 11.4 Å². The third kappa shape index (κ3) is 3.80. The molecule has 0 aliphatic carbocycles. The lowest BCUT2D eigenvalue weighted by molar-refractivity contribution is 0.0940. The minimum atomic E-state index is -0.554. The van der Waals surface area contributed by atoms with Crippen LogP contribution in [0, 0.1) is 10.6 Å². The first-order valence-corrected chi connectivity index (χ1v) is 11.2. The number of nitrogens with zero attached hydrogens (tertiary/aromatic N) is 1. The van der Waals surface area contributed by atoms with Gasteiger partial charge in [0.2, 0.25) is 0 Å². The van der Waals surface area contributed by atoms with Gasteiger partial charge in [-0.05, 0) is 65.8 Å². The monoisotopic (exact) mass is 469 g/mol. The van der Waals surface area contributed by atoms with E-state index in [4.69, 9.17) is 12.2 Å². The molecular formula is C27H20FN3O2S. The Balaban J connectivity index is 1.49. The zero-order valence-electron chi connectivity index (χ0n) is 18.2. The molecule has 1 atom stereocenters. The van der Waals surface area contributed by atoms with Crippen molar-refractivity contribution in [3.8, 4) is 5.69 Å². The van der Waals surface area contributed by atoms with Crippen LogP contribution in [0.15, 0.2) is 89.7 Å². The number of H-pyrrole nitrogens is 1. The van der Waals surface area contributed by atoms with E-state index >= 15 is 0 Å². The van der Waals surface area contributed by atoms with E-state index in [9.17, 15) is 14.0 Å². The molecule has 1 amide bonds. The molecule has 1 aromatic heterocycles. The number of para-hydroxylation sites is 1. The first-order valence-electron chi connectivity index (χ1n) is 10.8. The van der Waals surface area contributed by atoms with Gasteiger partial charge in [-0.15, -0.1) is 0 Å². The second-order valence-corrected chi connectivity index (χ2v) is 8.43. The molecule has 7 heteroatoms. The lowest BCUT2D eigenvalue weighted by Crippen LogP contribution is -2.27. The number of benzene rings is 4. The van der Waals surface area contributed by atoms with Crippen LogP contribution in [0.5, 0.6) is 0 Å². The molecule has 1 unspecified atom stereocenters. The highest BCUT2D eigenvalue weighted by molar-refractivity contribution is 7.71. The SMILES string of the molecule is CC(NC(=O)c1ccc2c(=O)n(-c3ccccc3F)c(=S)[nH]c2c1)c1cccc2ccccc12. The number of halogens is 1. The van der Waals surface area contributed by atoms with Crippen LogP contribution in [0.25, 0.3) is 27.4 Å². The molecule has 0 spiro atoms. The van der Waals surface area contributed by atoms with Crippen molar-refractivity contribution >= 4 is 39.8 Å². The second-order valence-electron chi connectivity index (χ2n) is 8.05. The molecule has 0 aliphatic rings. The van der Waals surface area contributed by atoms with Crippen molar-refractivity contribution in [3.63, 3.8) is 0 Å². The van der Waals surface area contributed by atoms with Crippen LogP contribution in [-0.2, 0) is 0 Å². The molecule has 5 rings (SSSR count). The summed E-state index contributed by atoms with van der Waals surface area (Å²) in [5, 5.41) is 5.51. The quantitative estimate of drug-likeness (QED) is 0.326. The van der Waals surface area contributed by atoms with E-state index in [0.29, 0.717) is 16.5 Å². The summed E-state index contributed by atoms with van der Waals surface area (Å²) in [4.78, 5) is 29.1. The molecular weight excluding hydrogens is 449 g/mol. The number of amides is 1. The molecule has 1 heterocycles. The van der Waals surface area contributed by atoms with Gasteiger partial charge in [0.15, 0.2) is 4.77 Å². The van der Waals surface area contributed by atoms with E-state index in [0.717, 1.165) is 20.9 Å². The zero-order valence-corrected chi connectivity index (χ0v) is 19.0. The predicted octanol–water partition coefficient (Wildman–Crippen LogP) is 5.83. The summed E-state index contributed by atoms with van der Waals surface area (Å²) in [7, 11) is 0. The van der Waals surface area contributed by atoms with Gasteiger partial charge < -0.3 is 10.3 Å². The standard InChI is InChI=1S/C27H20FN3O2S/c1-16(19-10-6-8-17-7-2-3-9-20(17)19)29-25(32)18-13-14-21-23(15-18)30-27(34)31(26(21)33)24-12-5-4-11-22(24)28/h2-16H,1H3,(H,29,32)(H,30,34). The Morgan fingerprint density at radius 2 is 1.71 bits per heavy atom. The topological polar surface area (TPSA) is 66.9 Å². The number of carbonyl (C=O) groups is 1. The summed E-state index contributed by atoms with van der Waals surface area (Å²) in [6, 6.07) is 24.4. The number of fused-ring (bicyclic) bond motifs is 2. The largest absolute Gasteiger partial charge is 0.345 e. The summed E-state index contributed by atoms with van der Waals surface area (Å²) in [5.74, 6) is -0.832. The fourth-order valence-corrected chi connectivity index (χ4v) is 4.49. The molecule has 5 aromatic rings. The number of nitrogens with one attached hydrogen (secondary N) is 2. The maximum absolute atomic E-state index is 14.3. The van der Waals surface area contributed by atoms with Crippen molar-refractivity contribution in [1.29, 1.82) is 0 Å².